The molecular weight excluding hydrogens is 1780 g/mol. The summed E-state index contributed by atoms with van der Waals surface area (Å²) in [5.41, 5.74) is 13.6. The van der Waals surface area contributed by atoms with Crippen LogP contribution in [0.25, 0.3) is 21.8 Å². The van der Waals surface area contributed by atoms with Gasteiger partial charge in [0, 0.05) is 125 Å². The number of aromatic hydroxyl groups is 1. The van der Waals surface area contributed by atoms with E-state index >= 15 is 33.6 Å². The number of fused-ring (bicyclic) bond motifs is 4. The monoisotopic (exact) mass is 1900 g/mol. The summed E-state index contributed by atoms with van der Waals surface area (Å²) in [6.07, 6.45) is 1.92. The number of carboxylic acids is 2. The van der Waals surface area contributed by atoms with Crippen molar-refractivity contribution in [3.05, 3.63) is 114 Å². The van der Waals surface area contributed by atoms with Gasteiger partial charge in [-0.3, -0.25) is 96.1 Å². The van der Waals surface area contributed by atoms with Crippen molar-refractivity contribution in [3.63, 3.8) is 0 Å². The van der Waals surface area contributed by atoms with E-state index in [-0.39, 0.29) is 70.1 Å². The fourth-order valence-electron chi connectivity index (χ4n) is 16.6. The molecule has 3 fully saturated rings. The van der Waals surface area contributed by atoms with Gasteiger partial charge in [0.1, 0.15) is 96.9 Å². The van der Waals surface area contributed by atoms with E-state index in [9.17, 15) is 83.1 Å². The van der Waals surface area contributed by atoms with Crippen molar-refractivity contribution < 1.29 is 117 Å². The highest BCUT2D eigenvalue weighted by atomic mass is 32.2. The number of aromatic amines is 1. The summed E-state index contributed by atoms with van der Waals surface area (Å²) in [6.45, 7) is 2.84. The number of phenols is 1. The maximum atomic E-state index is 15.8. The first-order valence-electron chi connectivity index (χ1n) is 44.6. The first-order valence-corrected chi connectivity index (χ1v) is 45.7. The normalized spacial score (nSPS) is 25.1. The molecule has 0 radical (unpaired) electrons. The Balaban J connectivity index is 1.10. The minimum atomic E-state index is -1.99. The molecule has 4 aliphatic heterocycles. The van der Waals surface area contributed by atoms with E-state index in [1.165, 1.54) is 82.4 Å². The molecule has 0 unspecified atom stereocenters. The molecule has 0 saturated carbocycles. The Morgan fingerprint density at radius 1 is 0.563 bits per heavy atom. The number of carboxylic acid groups (broad SMARTS) is 2. The predicted octanol–water partition coefficient (Wildman–Crippen LogP) is -3.01. The van der Waals surface area contributed by atoms with Gasteiger partial charge in [0.25, 0.3) is 0 Å². The van der Waals surface area contributed by atoms with Crippen LogP contribution in [-0.2, 0) is 117 Å². The van der Waals surface area contributed by atoms with Crippen LogP contribution < -0.4 is 64.6 Å². The molecule has 45 heteroatoms. The minimum absolute atomic E-state index is 0.0292. The number of benzene rings is 3. The van der Waals surface area contributed by atoms with Crippen molar-refractivity contribution in [2.24, 2.45) is 16.5 Å². The van der Waals surface area contributed by atoms with Crippen LogP contribution in [0, 0.1) is 0 Å². The molecule has 2 aromatic heterocycles. The van der Waals surface area contributed by atoms with E-state index in [2.05, 4.69) is 63.1 Å². The van der Waals surface area contributed by atoms with E-state index in [0.717, 1.165) is 36.3 Å². The SMILES string of the molecule is CCCC[C@H]1C(=O)N(C)[C@@H](CCCC)C(=O)N[C@@H](C)C(=O)N[C@H](C(=O)NCC(N)=O)CSCC(=O)N[C@@H](Cc2ccc(O)cc2)C(=O)N(C)[C@@H](C)C(=O)N[C@@H](CC(=O)O)C(=O)N2CCC[C@H]2C(=O)N[C@@H](CC2=CN=CC2)C(=O)N[C@@H](CCC(N)=O)C(=O)N2C[C@H](O)C[C@H]2C(=O)N[C@@H](Cc2c[nH]c3ccccc23)C(=O)N[C@@H](CO)C(=O)N[C@@H](Cc2cn(CC(=O)O)c3ccccc23)C(=O)N1C. The second-order valence-corrected chi connectivity index (χ2v) is 35.1. The molecule has 4 aliphatic rings. The van der Waals surface area contributed by atoms with E-state index < -0.39 is 273 Å². The summed E-state index contributed by atoms with van der Waals surface area (Å²) in [4.78, 5) is 285. The first kappa shape index (κ1) is 105. The van der Waals surface area contributed by atoms with Crippen LogP contribution in [-0.4, -0.2) is 328 Å². The molecule has 0 bridgehead atoms. The zero-order chi connectivity index (χ0) is 98.8. The highest BCUT2D eigenvalue weighted by Gasteiger charge is 2.47. The van der Waals surface area contributed by atoms with Gasteiger partial charge in [0.15, 0.2) is 0 Å². The lowest BCUT2D eigenvalue weighted by Crippen LogP contribution is -2.61. The maximum absolute atomic E-state index is 15.8. The number of aromatic nitrogens is 2. The van der Waals surface area contributed by atoms with Crippen LogP contribution >= 0.6 is 11.8 Å². The van der Waals surface area contributed by atoms with Crippen molar-refractivity contribution in [1.82, 2.24) is 87.2 Å². The zero-order valence-corrected chi connectivity index (χ0v) is 76.9. The molecule has 44 nitrogen and oxygen atoms in total. The van der Waals surface area contributed by atoms with Crippen LogP contribution in [0.4, 0.5) is 0 Å². The largest absolute Gasteiger partial charge is 0.508 e. The standard InChI is InChI=1S/C90H120N20O24S/c1-8-10-20-68-83(127)96-48(3)77(121)104-66(79(123)95-41-73(92)115)46-135-47-74(116)97-62(33-50-24-26-54(112)27-25-50)86(130)105(5)49(4)78(122)101-64(38-75(117)118)89(133)109-32-16-23-69(109)84(128)99-60(34-51-30-31-93-39-51)80(124)98-59(28-29-72(91)114)88(132)110-43-55(113)37-71(110)85(129)100-61(35-52-40-94-58-19-14-12-17-56(52)58)81(125)103-65(45-111)82(126)102-63(87(131)107(7)70(21-11-9-2)90(134)106(68)6)36-53-42-108(44-76(119)120)67-22-15-13-18-57(53)67/h12-15,17-19,22,24-27,31,39-40,42,48-49,55,59-66,68-71,94,111-113H,8-11,16,20-21,23,28-30,32-38,41,43-47H2,1-7H3,(H2,91,114)(H2,92,115)(H,95,123)(H,96,127)(H,97,116)(H,98,124)(H,99,128)(H,100,129)(H,101,122)(H,102,126)(H,103,125)(H,104,121)(H,117,118)(H,119,120)/t48-,49-,55+,59-,60-,61-,62-,63-,64-,65-,66-,68-,69-,70-,71-/m0/s1. The summed E-state index contributed by atoms with van der Waals surface area (Å²) in [6, 6.07) is -4.22. The number of likely N-dealkylation sites (N-methyl/N-ethyl adjacent to an activating group) is 3. The number of aliphatic hydroxyl groups excluding tert-OH is 2. The number of nitrogens with zero attached hydrogens (tertiary/aromatic N) is 7. The topological polar surface area (TPSA) is 647 Å². The molecule has 15 atom stereocenters. The summed E-state index contributed by atoms with van der Waals surface area (Å²) < 4.78 is 1.39. The quantitative estimate of drug-likeness (QED) is 0.0277. The van der Waals surface area contributed by atoms with Crippen molar-refractivity contribution in [2.75, 3.05) is 58.9 Å². The number of unbranched alkanes of at least 4 members (excludes halogenated alkanes) is 2. The highest BCUT2D eigenvalue weighted by molar-refractivity contribution is 8.00. The van der Waals surface area contributed by atoms with Crippen LogP contribution in [0.15, 0.2) is 102 Å². The zero-order valence-electron chi connectivity index (χ0n) is 76.1. The second-order valence-electron chi connectivity index (χ2n) is 34.0. The van der Waals surface area contributed by atoms with Crippen LogP contribution in [0.1, 0.15) is 134 Å². The van der Waals surface area contributed by atoms with Gasteiger partial charge in [-0.25, -0.2) is 0 Å². The number of hydrogen-bond acceptors (Lipinski definition) is 24. The van der Waals surface area contributed by atoms with Crippen molar-refractivity contribution >= 4 is 152 Å². The molecule has 17 amide bonds. The molecule has 3 aromatic carbocycles. The van der Waals surface area contributed by atoms with Gasteiger partial charge >= 0.3 is 11.9 Å². The first-order chi connectivity index (χ1) is 64.2. The van der Waals surface area contributed by atoms with Crippen molar-refractivity contribution in [1.29, 1.82) is 0 Å². The Morgan fingerprint density at radius 3 is 1.79 bits per heavy atom. The average molecular weight is 1900 g/mol. The molecule has 0 spiro atoms. The lowest BCUT2D eigenvalue weighted by Gasteiger charge is -2.36. The smallest absolute Gasteiger partial charge is 0.323 e. The molecule has 5 aromatic rings. The fourth-order valence-corrected chi connectivity index (χ4v) is 17.4. The third-order valence-corrected chi connectivity index (χ3v) is 25.1. The van der Waals surface area contributed by atoms with Crippen LogP contribution in [0.5, 0.6) is 5.75 Å². The molecule has 3 saturated heterocycles. The number of hydrogen-bond donors (Lipinski definition) is 18. The number of phenolic OH excluding ortho intramolecular Hbond substituents is 1. The van der Waals surface area contributed by atoms with Gasteiger partial charge < -0.3 is 124 Å². The number of H-pyrrole nitrogens is 1. The summed E-state index contributed by atoms with van der Waals surface area (Å²) in [5, 5.41) is 79.7. The van der Waals surface area contributed by atoms with Gasteiger partial charge in [-0.2, -0.15) is 0 Å². The van der Waals surface area contributed by atoms with E-state index in [1.807, 2.05) is 6.92 Å². The number of rotatable bonds is 25. The maximum Gasteiger partial charge on any atom is 0.323 e. The van der Waals surface area contributed by atoms with E-state index in [0.29, 0.717) is 63.3 Å². The third kappa shape index (κ3) is 28.6. The molecule has 135 heavy (non-hydrogen) atoms. The third-order valence-electron chi connectivity index (χ3n) is 24.1. The predicted molar refractivity (Wildman–Crippen MR) is 489 cm³/mol. The van der Waals surface area contributed by atoms with Gasteiger partial charge in [0.05, 0.1) is 31.4 Å². The number of primary amides is 2. The van der Waals surface area contributed by atoms with Gasteiger partial charge in [-0.15, -0.1) is 11.8 Å². The number of aliphatic hydroxyl groups is 2. The van der Waals surface area contributed by atoms with Crippen LogP contribution in [0.3, 0.4) is 0 Å². The molecular formula is C90H120N20O24S. The Hall–Kier alpha value is -13.9. The molecule has 730 valence electrons. The van der Waals surface area contributed by atoms with E-state index in [1.54, 1.807) is 61.7 Å². The summed E-state index contributed by atoms with van der Waals surface area (Å²) >= 11 is 0.746. The molecule has 9 rings (SSSR count). The number of aliphatic carboxylic acids is 2. The number of aliphatic imine (C=N–C) groups is 1. The number of carbonyl (C=O) groups is 19. The molecule has 6 heterocycles. The number of nitrogens with one attached hydrogen (secondary N) is 11. The van der Waals surface area contributed by atoms with E-state index in [4.69, 9.17) is 11.5 Å². The lowest BCUT2D eigenvalue weighted by molar-refractivity contribution is -0.149. The number of thioether (sulfide) groups is 1. The van der Waals surface area contributed by atoms with Gasteiger partial charge in [-0.05, 0) is 98.9 Å². The summed E-state index contributed by atoms with van der Waals surface area (Å²) in [7, 11) is 3.76. The Morgan fingerprint density at radius 2 is 1.15 bits per heavy atom. The summed E-state index contributed by atoms with van der Waals surface area (Å²) in [5.74, 6) is -21.1. The Kier molecular flexibility index (Phi) is 38.2. The number of nitrogens with two attached hydrogens (primary N) is 2. The highest BCUT2D eigenvalue weighted by Crippen LogP contribution is 2.29. The van der Waals surface area contributed by atoms with Gasteiger partial charge in [-0.1, -0.05) is 88.1 Å². The number of para-hydroxylation sites is 2. The number of amides is 17. The van der Waals surface area contributed by atoms with Crippen molar-refractivity contribution in [2.45, 2.75) is 234 Å². The molecule has 0 aliphatic carbocycles. The van der Waals surface area contributed by atoms with Gasteiger partial charge in [0.2, 0.25) is 100 Å². The minimum Gasteiger partial charge on any atom is -0.508 e. The average Bonchev–Trinajstić information content (AvgIpc) is 1.65. The number of carbonyl (C=O) groups excluding carboxylic acids is 17. The van der Waals surface area contributed by atoms with Crippen LogP contribution in [0.2, 0.25) is 0 Å². The second kappa shape index (κ2) is 49.2. The molecule has 20 N–H and O–H groups in total. The lowest BCUT2D eigenvalue weighted by atomic mass is 10.00. The Bertz CT molecular complexity index is 5290. The Labute approximate surface area is 781 Å². The van der Waals surface area contributed by atoms with Crippen molar-refractivity contribution in [3.8, 4) is 5.75 Å². The fraction of sp³-hybridized carbons (Fsp3) is 0.511.